The molecule has 1 unspecified atom stereocenters. The first-order valence-electron chi connectivity index (χ1n) is 5.94. The van der Waals surface area contributed by atoms with Crippen molar-refractivity contribution in [2.24, 2.45) is 0 Å². The highest BCUT2D eigenvalue weighted by Crippen LogP contribution is 2.14. The standard InChI is InChI=1S/C12H19NO3S/c14-10-6-13(7-11(15)12(10)16)4-1-2-9-3-5-17-8-9/h3,5,8,10-12,14-16H,1-2,4,6-7H2/t10-,11+,12?. The first kappa shape index (κ1) is 13.0. The second-order valence-corrected chi connectivity index (χ2v) is 5.40. The van der Waals surface area contributed by atoms with Gasteiger partial charge in [-0.15, -0.1) is 0 Å². The molecule has 0 radical (unpaired) electrons. The van der Waals surface area contributed by atoms with Crippen LogP contribution in [0.1, 0.15) is 12.0 Å². The summed E-state index contributed by atoms with van der Waals surface area (Å²) in [5, 5.41) is 32.7. The van der Waals surface area contributed by atoms with Gasteiger partial charge in [0.05, 0.1) is 12.2 Å². The molecule has 0 aliphatic carbocycles. The van der Waals surface area contributed by atoms with E-state index in [2.05, 4.69) is 16.8 Å². The molecule has 0 aromatic carbocycles. The van der Waals surface area contributed by atoms with Gasteiger partial charge in [-0.25, -0.2) is 0 Å². The second-order valence-electron chi connectivity index (χ2n) is 4.62. The number of aliphatic hydroxyl groups is 3. The zero-order valence-corrected chi connectivity index (χ0v) is 10.5. The molecule has 0 saturated carbocycles. The van der Waals surface area contributed by atoms with Crippen LogP contribution in [0.5, 0.6) is 0 Å². The lowest BCUT2D eigenvalue weighted by molar-refractivity contribution is -0.109. The van der Waals surface area contributed by atoms with Gasteiger partial charge in [0.2, 0.25) is 0 Å². The van der Waals surface area contributed by atoms with E-state index in [4.69, 9.17) is 0 Å². The topological polar surface area (TPSA) is 63.9 Å². The Bertz CT molecular complexity index is 319. The van der Waals surface area contributed by atoms with E-state index in [1.165, 1.54) is 5.56 Å². The molecule has 3 N–H and O–H groups in total. The lowest BCUT2D eigenvalue weighted by atomic mass is 10.0. The molecular weight excluding hydrogens is 238 g/mol. The van der Waals surface area contributed by atoms with Gasteiger partial charge in [-0.3, -0.25) is 4.90 Å². The molecule has 4 nitrogen and oxygen atoms in total. The third-order valence-electron chi connectivity index (χ3n) is 3.20. The molecule has 1 aliphatic rings. The molecule has 0 amide bonds. The Kier molecular flexibility index (Phi) is 4.53. The van der Waals surface area contributed by atoms with Crippen molar-refractivity contribution in [3.05, 3.63) is 22.4 Å². The van der Waals surface area contributed by atoms with Crippen molar-refractivity contribution < 1.29 is 15.3 Å². The predicted octanol–water partition coefficient (Wildman–Crippen LogP) is 0.0790. The molecule has 0 spiro atoms. The summed E-state index contributed by atoms with van der Waals surface area (Å²) in [6, 6.07) is 2.12. The van der Waals surface area contributed by atoms with Crippen molar-refractivity contribution in [1.82, 2.24) is 4.90 Å². The minimum Gasteiger partial charge on any atom is -0.389 e. The number of aryl methyl sites for hydroxylation is 1. The van der Waals surface area contributed by atoms with Gasteiger partial charge in [-0.2, -0.15) is 11.3 Å². The minimum absolute atomic E-state index is 0.446. The van der Waals surface area contributed by atoms with E-state index in [0.29, 0.717) is 13.1 Å². The maximum Gasteiger partial charge on any atom is 0.108 e. The van der Waals surface area contributed by atoms with Gasteiger partial charge < -0.3 is 15.3 Å². The Morgan fingerprint density at radius 1 is 1.24 bits per heavy atom. The summed E-state index contributed by atoms with van der Waals surface area (Å²) in [5.41, 5.74) is 1.34. The smallest absolute Gasteiger partial charge is 0.108 e. The maximum absolute atomic E-state index is 9.55. The fraction of sp³-hybridized carbons (Fsp3) is 0.667. The molecule has 2 heterocycles. The molecule has 3 atom stereocenters. The molecule has 1 aliphatic heterocycles. The first-order valence-corrected chi connectivity index (χ1v) is 6.88. The van der Waals surface area contributed by atoms with Gasteiger partial charge in [0.15, 0.2) is 0 Å². The van der Waals surface area contributed by atoms with Crippen LogP contribution < -0.4 is 0 Å². The molecule has 1 saturated heterocycles. The highest BCUT2D eigenvalue weighted by Gasteiger charge is 2.32. The molecule has 0 bridgehead atoms. The number of likely N-dealkylation sites (tertiary alicyclic amines) is 1. The van der Waals surface area contributed by atoms with E-state index >= 15 is 0 Å². The van der Waals surface area contributed by atoms with Crippen LogP contribution in [-0.4, -0.2) is 58.2 Å². The van der Waals surface area contributed by atoms with E-state index in [1.807, 2.05) is 4.90 Å². The molecule has 1 aromatic rings. The summed E-state index contributed by atoms with van der Waals surface area (Å²) >= 11 is 1.70. The largest absolute Gasteiger partial charge is 0.389 e. The Hall–Kier alpha value is -0.460. The minimum atomic E-state index is -0.997. The highest BCUT2D eigenvalue weighted by molar-refractivity contribution is 7.07. The van der Waals surface area contributed by atoms with E-state index < -0.39 is 18.3 Å². The lowest BCUT2D eigenvalue weighted by Gasteiger charge is -2.36. The average molecular weight is 257 g/mol. The van der Waals surface area contributed by atoms with Crippen LogP contribution in [0.4, 0.5) is 0 Å². The van der Waals surface area contributed by atoms with E-state index in [0.717, 1.165) is 19.4 Å². The third-order valence-corrected chi connectivity index (χ3v) is 3.93. The third kappa shape index (κ3) is 3.50. The summed E-state index contributed by atoms with van der Waals surface area (Å²) in [7, 11) is 0. The number of rotatable bonds is 4. The number of nitrogens with zero attached hydrogens (tertiary/aromatic N) is 1. The molecule has 1 fully saturated rings. The van der Waals surface area contributed by atoms with Crippen LogP contribution >= 0.6 is 11.3 Å². The van der Waals surface area contributed by atoms with E-state index in [9.17, 15) is 15.3 Å². The van der Waals surface area contributed by atoms with Gasteiger partial charge in [0.25, 0.3) is 0 Å². The molecule has 2 rings (SSSR count). The Balaban J connectivity index is 1.72. The Morgan fingerprint density at radius 2 is 1.94 bits per heavy atom. The Labute approximate surface area is 105 Å². The van der Waals surface area contributed by atoms with Crippen molar-refractivity contribution in [1.29, 1.82) is 0 Å². The average Bonchev–Trinajstić information content (AvgIpc) is 2.79. The maximum atomic E-state index is 9.55. The SMILES string of the molecule is OC1[C@H](O)CN(CCCc2ccsc2)C[C@@H]1O. The number of β-amino-alcohol motifs (C(OH)–C–C–N with tert-alkyl or cyclic N) is 2. The summed E-state index contributed by atoms with van der Waals surface area (Å²) in [4.78, 5) is 2.01. The summed E-state index contributed by atoms with van der Waals surface area (Å²) < 4.78 is 0. The first-order chi connectivity index (χ1) is 8.16. The number of thiophene rings is 1. The van der Waals surface area contributed by atoms with Gasteiger partial charge in [0.1, 0.15) is 6.10 Å². The normalized spacial score (nSPS) is 30.6. The van der Waals surface area contributed by atoms with Crippen molar-refractivity contribution >= 4 is 11.3 Å². The van der Waals surface area contributed by atoms with E-state index in [1.54, 1.807) is 11.3 Å². The zero-order chi connectivity index (χ0) is 12.3. The zero-order valence-electron chi connectivity index (χ0n) is 9.70. The van der Waals surface area contributed by atoms with Crippen molar-refractivity contribution in [2.45, 2.75) is 31.2 Å². The van der Waals surface area contributed by atoms with Crippen LogP contribution in [0.2, 0.25) is 0 Å². The molecule has 1 aromatic heterocycles. The van der Waals surface area contributed by atoms with Crippen LogP contribution in [0, 0.1) is 0 Å². The number of hydrogen-bond acceptors (Lipinski definition) is 5. The Morgan fingerprint density at radius 3 is 2.53 bits per heavy atom. The van der Waals surface area contributed by atoms with Crippen molar-refractivity contribution in [2.75, 3.05) is 19.6 Å². The summed E-state index contributed by atoms with van der Waals surface area (Å²) in [6.45, 7) is 1.74. The van der Waals surface area contributed by atoms with E-state index in [-0.39, 0.29) is 0 Å². The fourth-order valence-electron chi connectivity index (χ4n) is 2.20. The van der Waals surface area contributed by atoms with Gasteiger partial charge in [-0.05, 0) is 41.8 Å². The van der Waals surface area contributed by atoms with Crippen LogP contribution in [0.25, 0.3) is 0 Å². The molecule has 17 heavy (non-hydrogen) atoms. The van der Waals surface area contributed by atoms with Gasteiger partial charge in [-0.1, -0.05) is 0 Å². The van der Waals surface area contributed by atoms with Crippen LogP contribution in [-0.2, 0) is 6.42 Å². The molecule has 5 heteroatoms. The van der Waals surface area contributed by atoms with Crippen LogP contribution in [0.3, 0.4) is 0 Å². The second kappa shape index (κ2) is 5.93. The van der Waals surface area contributed by atoms with Crippen molar-refractivity contribution in [3.8, 4) is 0 Å². The summed E-state index contributed by atoms with van der Waals surface area (Å²) in [5.74, 6) is 0. The van der Waals surface area contributed by atoms with Crippen LogP contribution in [0.15, 0.2) is 16.8 Å². The van der Waals surface area contributed by atoms with Gasteiger partial charge >= 0.3 is 0 Å². The number of aliphatic hydroxyl groups excluding tert-OH is 3. The quantitative estimate of drug-likeness (QED) is 0.715. The summed E-state index contributed by atoms with van der Waals surface area (Å²) in [6.07, 6.45) is -0.635. The lowest BCUT2D eigenvalue weighted by Crippen LogP contribution is -2.55. The highest BCUT2D eigenvalue weighted by atomic mass is 32.1. The number of piperidine rings is 1. The fourth-order valence-corrected chi connectivity index (χ4v) is 2.90. The molecular formula is C12H19NO3S. The molecule has 96 valence electrons. The monoisotopic (exact) mass is 257 g/mol. The number of hydrogen-bond donors (Lipinski definition) is 3. The van der Waals surface area contributed by atoms with Gasteiger partial charge in [0, 0.05) is 13.1 Å². The predicted molar refractivity (Wildman–Crippen MR) is 67.1 cm³/mol. The van der Waals surface area contributed by atoms with Crippen molar-refractivity contribution in [3.63, 3.8) is 0 Å².